The summed E-state index contributed by atoms with van der Waals surface area (Å²) < 4.78 is 18.6. The summed E-state index contributed by atoms with van der Waals surface area (Å²) >= 11 is 6.20. The molecule has 1 aliphatic rings. The number of hydrogen-bond donors (Lipinski definition) is 0. The summed E-state index contributed by atoms with van der Waals surface area (Å²) in [6.45, 7) is 3.68. The Hall–Kier alpha value is -3.43. The zero-order chi connectivity index (χ0) is 24.7. The van der Waals surface area contributed by atoms with Crippen molar-refractivity contribution in [1.29, 1.82) is 0 Å². The van der Waals surface area contributed by atoms with Gasteiger partial charge in [0.2, 0.25) is 0 Å². The summed E-state index contributed by atoms with van der Waals surface area (Å²) in [5, 5.41) is 0.609. The van der Waals surface area contributed by atoms with Gasteiger partial charge < -0.3 is 9.47 Å². The maximum absolute atomic E-state index is 14.2. The number of imidazole rings is 1. The Labute approximate surface area is 206 Å². The topological polar surface area (TPSA) is 68.3 Å². The van der Waals surface area contributed by atoms with E-state index in [1.165, 1.54) is 17.7 Å². The monoisotopic (exact) mass is 496 g/mol. The van der Waals surface area contributed by atoms with Crippen LogP contribution in [0.15, 0.2) is 58.1 Å². The van der Waals surface area contributed by atoms with Gasteiger partial charge >= 0.3 is 5.69 Å². The van der Waals surface area contributed by atoms with Crippen LogP contribution in [0, 0.1) is 5.82 Å². The molecule has 0 bridgehead atoms. The molecule has 35 heavy (non-hydrogen) atoms. The minimum Gasteiger partial charge on any atom is -0.367 e. The molecule has 8 nitrogen and oxygen atoms in total. The number of hydrogen-bond acceptors (Lipinski definition) is 5. The fourth-order valence-corrected chi connectivity index (χ4v) is 4.87. The second-order valence-electron chi connectivity index (χ2n) is 8.84. The molecule has 0 saturated carbocycles. The Morgan fingerprint density at radius 2 is 1.69 bits per heavy atom. The number of halogens is 2. The fourth-order valence-electron chi connectivity index (χ4n) is 4.66. The molecule has 0 atom stereocenters. The number of benzene rings is 2. The van der Waals surface area contributed by atoms with Crippen molar-refractivity contribution < 1.29 is 4.39 Å². The molecule has 2 aromatic carbocycles. The number of aryl methyl sites for hydroxylation is 1. The number of anilines is 1. The highest BCUT2D eigenvalue weighted by molar-refractivity contribution is 6.30. The molecule has 0 spiro atoms. The summed E-state index contributed by atoms with van der Waals surface area (Å²) in [6.07, 6.45) is 0. The van der Waals surface area contributed by atoms with Gasteiger partial charge in [0.05, 0.1) is 12.2 Å². The van der Waals surface area contributed by atoms with Gasteiger partial charge in [-0.25, -0.2) is 14.2 Å². The largest absolute Gasteiger partial charge is 0.367 e. The predicted molar refractivity (Wildman–Crippen MR) is 135 cm³/mol. The van der Waals surface area contributed by atoms with Crippen LogP contribution in [0.2, 0.25) is 5.02 Å². The summed E-state index contributed by atoms with van der Waals surface area (Å²) in [5.41, 5.74) is 1.49. The van der Waals surface area contributed by atoms with Crippen molar-refractivity contribution in [2.75, 3.05) is 31.1 Å². The molecule has 0 unspecified atom stereocenters. The van der Waals surface area contributed by atoms with Crippen molar-refractivity contribution in [2.45, 2.75) is 13.1 Å². The molecule has 1 aliphatic heterocycles. The van der Waals surface area contributed by atoms with Crippen molar-refractivity contribution in [3.05, 3.63) is 91.6 Å². The standard InChI is InChI=1S/C25H26ClFN6O2/c1-29-23-22(24(34)30(2)25(29)35)33(15-17-6-5-7-18(26)14-17)21(28-23)16-31-10-12-32(13-11-31)20-9-4-3-8-19(20)27/h3-9,14H,10-13,15-16H2,1-2H3. The lowest BCUT2D eigenvalue weighted by Crippen LogP contribution is -2.46. The second-order valence-corrected chi connectivity index (χ2v) is 9.27. The Morgan fingerprint density at radius 1 is 0.943 bits per heavy atom. The average molecular weight is 497 g/mol. The highest BCUT2D eigenvalue weighted by Gasteiger charge is 2.24. The molecular weight excluding hydrogens is 471 g/mol. The number of para-hydroxylation sites is 1. The van der Waals surface area contributed by atoms with Crippen molar-refractivity contribution in [3.63, 3.8) is 0 Å². The molecule has 4 aromatic rings. The van der Waals surface area contributed by atoms with Gasteiger partial charge in [-0.3, -0.25) is 18.8 Å². The lowest BCUT2D eigenvalue weighted by atomic mass is 10.2. The third-order valence-electron chi connectivity index (χ3n) is 6.59. The molecule has 0 radical (unpaired) electrons. The van der Waals surface area contributed by atoms with E-state index in [4.69, 9.17) is 16.6 Å². The van der Waals surface area contributed by atoms with Crippen molar-refractivity contribution >= 4 is 28.5 Å². The van der Waals surface area contributed by atoms with Gasteiger partial charge in [0.25, 0.3) is 5.56 Å². The van der Waals surface area contributed by atoms with Crippen LogP contribution in [-0.2, 0) is 27.2 Å². The zero-order valence-corrected chi connectivity index (χ0v) is 20.4. The quantitative estimate of drug-likeness (QED) is 0.425. The van der Waals surface area contributed by atoms with E-state index in [0.29, 0.717) is 67.0 Å². The summed E-state index contributed by atoms with van der Waals surface area (Å²) in [4.78, 5) is 34.7. The average Bonchev–Trinajstić information content (AvgIpc) is 3.20. The molecular formula is C25H26ClFN6O2. The highest BCUT2D eigenvalue weighted by atomic mass is 35.5. The Bertz CT molecular complexity index is 1520. The van der Waals surface area contributed by atoms with Crippen LogP contribution >= 0.6 is 11.6 Å². The first-order valence-electron chi connectivity index (χ1n) is 11.4. The van der Waals surface area contributed by atoms with Gasteiger partial charge in [0, 0.05) is 51.8 Å². The van der Waals surface area contributed by atoms with Crippen LogP contribution in [0.1, 0.15) is 11.4 Å². The summed E-state index contributed by atoms with van der Waals surface area (Å²) in [5.74, 6) is 0.471. The van der Waals surface area contributed by atoms with Crippen LogP contribution < -0.4 is 16.1 Å². The SMILES string of the molecule is Cn1c(=O)c2c(nc(CN3CCN(c4ccccc4F)CC3)n2Cc2cccc(Cl)c2)n(C)c1=O. The predicted octanol–water partition coefficient (Wildman–Crippen LogP) is 2.60. The Kier molecular flexibility index (Phi) is 6.21. The highest BCUT2D eigenvalue weighted by Crippen LogP contribution is 2.22. The van der Waals surface area contributed by atoms with Crippen LogP contribution in [0.25, 0.3) is 11.2 Å². The molecule has 0 aliphatic carbocycles. The van der Waals surface area contributed by atoms with E-state index in [9.17, 15) is 14.0 Å². The first kappa shape index (κ1) is 23.3. The van der Waals surface area contributed by atoms with Gasteiger partial charge in [0.15, 0.2) is 11.2 Å². The van der Waals surface area contributed by atoms with E-state index in [1.54, 1.807) is 25.2 Å². The maximum atomic E-state index is 14.2. The zero-order valence-electron chi connectivity index (χ0n) is 19.6. The molecule has 182 valence electrons. The lowest BCUT2D eigenvalue weighted by Gasteiger charge is -2.36. The van der Waals surface area contributed by atoms with Gasteiger partial charge in [-0.15, -0.1) is 0 Å². The molecule has 1 fully saturated rings. The van der Waals surface area contributed by atoms with Gasteiger partial charge in [-0.2, -0.15) is 0 Å². The fraction of sp³-hybridized carbons (Fsp3) is 0.320. The van der Waals surface area contributed by atoms with E-state index in [-0.39, 0.29) is 11.4 Å². The number of aromatic nitrogens is 4. The van der Waals surface area contributed by atoms with E-state index < -0.39 is 5.69 Å². The molecule has 1 saturated heterocycles. The summed E-state index contributed by atoms with van der Waals surface area (Å²) in [6, 6.07) is 14.3. The van der Waals surface area contributed by atoms with Crippen LogP contribution in [0.4, 0.5) is 10.1 Å². The van der Waals surface area contributed by atoms with E-state index in [2.05, 4.69) is 4.90 Å². The number of nitrogens with zero attached hydrogens (tertiary/aromatic N) is 6. The number of piperazine rings is 1. The van der Waals surface area contributed by atoms with Gasteiger partial charge in [-0.05, 0) is 29.8 Å². The smallest absolute Gasteiger partial charge is 0.332 e. The maximum Gasteiger partial charge on any atom is 0.332 e. The Balaban J connectivity index is 1.48. The summed E-state index contributed by atoms with van der Waals surface area (Å²) in [7, 11) is 3.10. The number of rotatable bonds is 5. The van der Waals surface area contributed by atoms with Crippen molar-refractivity contribution in [3.8, 4) is 0 Å². The third kappa shape index (κ3) is 4.37. The van der Waals surface area contributed by atoms with Gasteiger partial charge in [0.1, 0.15) is 11.6 Å². The molecule has 5 rings (SSSR count). The second kappa shape index (κ2) is 9.31. The van der Waals surface area contributed by atoms with E-state index >= 15 is 0 Å². The van der Waals surface area contributed by atoms with Crippen molar-refractivity contribution in [2.24, 2.45) is 14.1 Å². The molecule has 0 amide bonds. The first-order chi connectivity index (χ1) is 16.8. The van der Waals surface area contributed by atoms with E-state index in [1.807, 2.05) is 33.7 Å². The van der Waals surface area contributed by atoms with Gasteiger partial charge in [-0.1, -0.05) is 35.9 Å². The third-order valence-corrected chi connectivity index (χ3v) is 6.82. The first-order valence-corrected chi connectivity index (χ1v) is 11.8. The van der Waals surface area contributed by atoms with Crippen LogP contribution in [0.3, 0.4) is 0 Å². The minimum atomic E-state index is -0.417. The van der Waals surface area contributed by atoms with Crippen molar-refractivity contribution in [1.82, 2.24) is 23.6 Å². The Morgan fingerprint density at radius 3 is 2.40 bits per heavy atom. The number of fused-ring (bicyclic) bond motifs is 1. The molecule has 2 aromatic heterocycles. The van der Waals surface area contributed by atoms with E-state index in [0.717, 1.165) is 10.1 Å². The normalized spacial score (nSPS) is 14.7. The van der Waals surface area contributed by atoms with Crippen LogP contribution in [-0.4, -0.2) is 49.8 Å². The lowest BCUT2D eigenvalue weighted by molar-refractivity contribution is 0.241. The van der Waals surface area contributed by atoms with Crippen LogP contribution in [0.5, 0.6) is 0 Å². The molecule has 3 heterocycles. The molecule has 0 N–H and O–H groups in total. The molecule has 10 heteroatoms. The minimum absolute atomic E-state index is 0.221.